The number of hydrogen-bond donors (Lipinski definition) is 0. The summed E-state index contributed by atoms with van der Waals surface area (Å²) in [7, 11) is 3.04. The lowest BCUT2D eigenvalue weighted by atomic mass is 10.2. The number of benzene rings is 1. The first-order valence-corrected chi connectivity index (χ1v) is 7.37. The highest BCUT2D eigenvalue weighted by molar-refractivity contribution is 7.98. The van der Waals surface area contributed by atoms with Crippen LogP contribution in [0.1, 0.15) is 17.8 Å². The number of nitrogens with zero attached hydrogens (tertiary/aromatic N) is 4. The normalized spacial score (nSPS) is 11.4. The summed E-state index contributed by atoms with van der Waals surface area (Å²) in [6.07, 6.45) is 0.384. The fraction of sp³-hybridized carbons (Fsp3) is 0.308. The Hall–Kier alpha value is -2.16. The van der Waals surface area contributed by atoms with Crippen molar-refractivity contribution in [3.63, 3.8) is 0 Å². The van der Waals surface area contributed by atoms with Gasteiger partial charge in [0.25, 0.3) is 6.43 Å². The zero-order chi connectivity index (χ0) is 16.1. The maximum absolute atomic E-state index is 12.9. The lowest BCUT2D eigenvalue weighted by Crippen LogP contribution is -2.00. The Labute approximate surface area is 130 Å². The van der Waals surface area contributed by atoms with E-state index in [1.807, 2.05) is 0 Å². The number of methoxy groups -OCH3 is 2. The van der Waals surface area contributed by atoms with Crippen molar-refractivity contribution in [2.24, 2.45) is 5.10 Å². The van der Waals surface area contributed by atoms with Gasteiger partial charge in [0.2, 0.25) is 11.0 Å². The summed E-state index contributed by atoms with van der Waals surface area (Å²) in [5.41, 5.74) is 0.665. The van der Waals surface area contributed by atoms with Crippen LogP contribution in [0.5, 0.6) is 11.5 Å². The average Bonchev–Trinajstić information content (AvgIpc) is 2.95. The third-order valence-electron chi connectivity index (χ3n) is 2.74. The van der Waals surface area contributed by atoms with Crippen LogP contribution in [0.25, 0.3) is 0 Å². The topological polar surface area (TPSA) is 61.5 Å². The molecule has 0 saturated heterocycles. The van der Waals surface area contributed by atoms with E-state index in [-0.39, 0.29) is 5.16 Å². The number of alkyl halides is 2. The van der Waals surface area contributed by atoms with Crippen molar-refractivity contribution in [2.75, 3.05) is 20.5 Å². The first-order valence-electron chi connectivity index (χ1n) is 6.14. The molecule has 0 unspecified atom stereocenters. The maximum Gasteiger partial charge on any atom is 0.299 e. The van der Waals surface area contributed by atoms with Gasteiger partial charge in [-0.3, -0.25) is 0 Å². The molecule has 0 N–H and O–H groups in total. The van der Waals surface area contributed by atoms with E-state index in [4.69, 9.17) is 9.47 Å². The molecule has 0 bridgehead atoms. The van der Waals surface area contributed by atoms with Crippen LogP contribution >= 0.6 is 11.8 Å². The smallest absolute Gasteiger partial charge is 0.299 e. The molecule has 0 aliphatic heterocycles. The summed E-state index contributed by atoms with van der Waals surface area (Å²) >= 11 is 1.18. The second kappa shape index (κ2) is 7.21. The van der Waals surface area contributed by atoms with Crippen LogP contribution in [-0.4, -0.2) is 41.6 Å². The summed E-state index contributed by atoms with van der Waals surface area (Å²) in [6, 6.07) is 5.12. The largest absolute Gasteiger partial charge is 0.493 e. The van der Waals surface area contributed by atoms with Crippen molar-refractivity contribution in [3.8, 4) is 11.5 Å². The number of thioether (sulfide) groups is 1. The molecule has 1 heterocycles. The Morgan fingerprint density at radius 1 is 1.23 bits per heavy atom. The second-order valence-electron chi connectivity index (χ2n) is 4.02. The molecule has 6 nitrogen and oxygen atoms in total. The molecule has 2 rings (SSSR count). The molecule has 1 aromatic carbocycles. The summed E-state index contributed by atoms with van der Waals surface area (Å²) in [4.78, 5) is 0. The molecule has 2 aromatic rings. The van der Waals surface area contributed by atoms with Gasteiger partial charge >= 0.3 is 0 Å². The van der Waals surface area contributed by atoms with Gasteiger partial charge in [-0.15, -0.1) is 10.2 Å². The molecule has 0 radical (unpaired) electrons. The predicted octanol–water partition coefficient (Wildman–Crippen LogP) is 2.84. The van der Waals surface area contributed by atoms with Crippen LogP contribution in [0.2, 0.25) is 0 Å². The third-order valence-corrected chi connectivity index (χ3v) is 3.36. The molecular weight excluding hydrogens is 314 g/mol. The van der Waals surface area contributed by atoms with E-state index in [1.54, 1.807) is 24.5 Å². The van der Waals surface area contributed by atoms with Gasteiger partial charge in [-0.25, -0.2) is 8.78 Å². The second-order valence-corrected chi connectivity index (χ2v) is 4.79. The minimum atomic E-state index is -2.75. The van der Waals surface area contributed by atoms with Crippen molar-refractivity contribution in [2.45, 2.75) is 11.6 Å². The zero-order valence-corrected chi connectivity index (χ0v) is 13.0. The Bertz CT molecular complexity index is 676. The van der Waals surface area contributed by atoms with Crippen molar-refractivity contribution in [1.29, 1.82) is 0 Å². The van der Waals surface area contributed by atoms with Crippen molar-refractivity contribution in [1.82, 2.24) is 14.9 Å². The van der Waals surface area contributed by atoms with Crippen LogP contribution in [-0.2, 0) is 0 Å². The van der Waals surface area contributed by atoms with Crippen LogP contribution in [0.4, 0.5) is 8.78 Å². The molecular formula is C13H14F2N4O2S. The molecule has 0 aliphatic carbocycles. The van der Waals surface area contributed by atoms with E-state index in [9.17, 15) is 8.78 Å². The monoisotopic (exact) mass is 328 g/mol. The molecule has 0 atom stereocenters. The Morgan fingerprint density at radius 3 is 2.55 bits per heavy atom. The number of aromatic nitrogens is 3. The molecule has 22 heavy (non-hydrogen) atoms. The summed E-state index contributed by atoms with van der Waals surface area (Å²) in [6.45, 7) is 0. The summed E-state index contributed by atoms with van der Waals surface area (Å²) < 4.78 is 37.1. The van der Waals surface area contributed by atoms with Gasteiger partial charge < -0.3 is 9.47 Å². The molecule has 118 valence electrons. The number of ether oxygens (including phenoxy) is 2. The number of rotatable bonds is 6. The van der Waals surface area contributed by atoms with Gasteiger partial charge in [0.05, 0.1) is 20.4 Å². The fourth-order valence-electron chi connectivity index (χ4n) is 1.71. The van der Waals surface area contributed by atoms with Gasteiger partial charge in [0.15, 0.2) is 11.5 Å². The van der Waals surface area contributed by atoms with Gasteiger partial charge in [-0.1, -0.05) is 11.8 Å². The van der Waals surface area contributed by atoms with E-state index in [2.05, 4.69) is 15.3 Å². The minimum Gasteiger partial charge on any atom is -0.493 e. The van der Waals surface area contributed by atoms with Crippen LogP contribution < -0.4 is 9.47 Å². The Morgan fingerprint density at radius 2 is 1.95 bits per heavy atom. The quantitative estimate of drug-likeness (QED) is 0.603. The van der Waals surface area contributed by atoms with Crippen molar-refractivity contribution < 1.29 is 18.3 Å². The maximum atomic E-state index is 12.9. The van der Waals surface area contributed by atoms with Crippen LogP contribution in [0, 0.1) is 0 Å². The molecule has 0 amide bonds. The van der Waals surface area contributed by atoms with Gasteiger partial charge in [0.1, 0.15) is 0 Å². The van der Waals surface area contributed by atoms with Crippen LogP contribution in [0.3, 0.4) is 0 Å². The Kier molecular flexibility index (Phi) is 5.31. The Balaban J connectivity index is 2.34. The van der Waals surface area contributed by atoms with Crippen LogP contribution in [0.15, 0.2) is 28.5 Å². The number of hydrogen-bond acceptors (Lipinski definition) is 6. The minimum absolute atomic E-state index is 0.284. The van der Waals surface area contributed by atoms with Crippen molar-refractivity contribution in [3.05, 3.63) is 29.6 Å². The SMILES string of the molecule is COc1ccc(C=Nn2c(SC)nnc2C(F)F)cc1OC. The zero-order valence-electron chi connectivity index (χ0n) is 12.2. The summed E-state index contributed by atoms with van der Waals surface area (Å²) in [5.74, 6) is 0.595. The lowest BCUT2D eigenvalue weighted by molar-refractivity contribution is 0.135. The first-order chi connectivity index (χ1) is 10.6. The standard InChI is InChI=1S/C13H14F2N4O2S/c1-20-9-5-4-8(6-10(9)21-2)7-16-19-12(11(14)15)17-18-13(19)22-3/h4-7,11H,1-3H3. The van der Waals surface area contributed by atoms with E-state index in [0.717, 1.165) is 4.68 Å². The molecule has 0 aliphatic rings. The van der Waals surface area contributed by atoms with E-state index >= 15 is 0 Å². The fourth-order valence-corrected chi connectivity index (χ4v) is 2.14. The van der Waals surface area contributed by atoms with E-state index < -0.39 is 12.2 Å². The van der Waals surface area contributed by atoms with E-state index in [1.165, 1.54) is 32.2 Å². The number of halogens is 2. The first kappa shape index (κ1) is 16.2. The average molecular weight is 328 g/mol. The molecule has 0 saturated carbocycles. The third kappa shape index (κ3) is 3.35. The highest BCUT2D eigenvalue weighted by atomic mass is 32.2. The van der Waals surface area contributed by atoms with Gasteiger partial charge in [-0.2, -0.15) is 9.78 Å². The van der Waals surface area contributed by atoms with Crippen molar-refractivity contribution >= 4 is 18.0 Å². The highest BCUT2D eigenvalue weighted by Gasteiger charge is 2.19. The van der Waals surface area contributed by atoms with Gasteiger partial charge in [-0.05, 0) is 30.0 Å². The van der Waals surface area contributed by atoms with Gasteiger partial charge in [0, 0.05) is 0 Å². The van der Waals surface area contributed by atoms with E-state index in [0.29, 0.717) is 17.1 Å². The molecule has 0 fully saturated rings. The predicted molar refractivity (Wildman–Crippen MR) is 79.3 cm³/mol. The highest BCUT2D eigenvalue weighted by Crippen LogP contribution is 2.27. The lowest BCUT2D eigenvalue weighted by Gasteiger charge is -2.07. The molecule has 1 aromatic heterocycles. The summed E-state index contributed by atoms with van der Waals surface area (Å²) in [5, 5.41) is 11.4. The molecule has 9 heteroatoms. The molecule has 0 spiro atoms.